The standard InChI is InChI=1S/C17H19N3O5S/c1-23-14-7-10(20-26(4,21)22)5-6-11(14)17-18-12-8-15(24-2)16(25-3)9-13(12)19-17/h5-9,20H,1-4H3,(H,18,19). The summed E-state index contributed by atoms with van der Waals surface area (Å²) in [4.78, 5) is 7.79. The lowest BCUT2D eigenvalue weighted by Crippen LogP contribution is -2.09. The van der Waals surface area contributed by atoms with Gasteiger partial charge in [-0.05, 0) is 12.1 Å². The molecule has 3 rings (SSSR count). The highest BCUT2D eigenvalue weighted by Crippen LogP contribution is 2.35. The van der Waals surface area contributed by atoms with E-state index in [9.17, 15) is 8.42 Å². The van der Waals surface area contributed by atoms with Crippen molar-refractivity contribution in [3.05, 3.63) is 30.3 Å². The van der Waals surface area contributed by atoms with Crippen molar-refractivity contribution < 1.29 is 22.6 Å². The first kappa shape index (κ1) is 17.9. The number of aromatic nitrogens is 2. The number of hydrogen-bond donors (Lipinski definition) is 2. The van der Waals surface area contributed by atoms with Gasteiger partial charge in [-0.25, -0.2) is 13.4 Å². The number of anilines is 1. The van der Waals surface area contributed by atoms with Crippen molar-refractivity contribution in [3.8, 4) is 28.6 Å². The van der Waals surface area contributed by atoms with Crippen LogP contribution in [0.1, 0.15) is 0 Å². The molecule has 0 saturated heterocycles. The Hall–Kier alpha value is -2.94. The summed E-state index contributed by atoms with van der Waals surface area (Å²) in [6, 6.07) is 8.56. The third-order valence-electron chi connectivity index (χ3n) is 3.75. The summed E-state index contributed by atoms with van der Waals surface area (Å²) < 4.78 is 41.2. The Bertz CT molecular complexity index is 1020. The number of imidazole rings is 1. The summed E-state index contributed by atoms with van der Waals surface area (Å²) in [6.07, 6.45) is 1.09. The number of fused-ring (bicyclic) bond motifs is 1. The fourth-order valence-electron chi connectivity index (χ4n) is 2.63. The van der Waals surface area contributed by atoms with Gasteiger partial charge in [-0.15, -0.1) is 0 Å². The van der Waals surface area contributed by atoms with Crippen LogP contribution in [0.4, 0.5) is 5.69 Å². The average Bonchev–Trinajstić information content (AvgIpc) is 3.01. The monoisotopic (exact) mass is 377 g/mol. The second kappa shape index (κ2) is 6.75. The van der Waals surface area contributed by atoms with Crippen LogP contribution in [0.3, 0.4) is 0 Å². The lowest BCUT2D eigenvalue weighted by molar-refractivity contribution is 0.356. The van der Waals surface area contributed by atoms with Crippen molar-refractivity contribution in [1.82, 2.24) is 9.97 Å². The first-order valence-corrected chi connectivity index (χ1v) is 9.51. The van der Waals surface area contributed by atoms with Gasteiger partial charge in [-0.3, -0.25) is 4.72 Å². The minimum absolute atomic E-state index is 0.410. The van der Waals surface area contributed by atoms with Crippen LogP contribution in [0.5, 0.6) is 17.2 Å². The van der Waals surface area contributed by atoms with Gasteiger partial charge < -0.3 is 19.2 Å². The first-order chi connectivity index (χ1) is 12.3. The molecule has 0 aliphatic rings. The molecule has 2 aromatic carbocycles. The van der Waals surface area contributed by atoms with E-state index in [1.165, 1.54) is 7.11 Å². The van der Waals surface area contributed by atoms with Crippen molar-refractivity contribution in [2.45, 2.75) is 0 Å². The first-order valence-electron chi connectivity index (χ1n) is 7.62. The summed E-state index contributed by atoms with van der Waals surface area (Å²) in [6.45, 7) is 0. The molecule has 8 nitrogen and oxygen atoms in total. The second-order valence-electron chi connectivity index (χ2n) is 5.60. The third kappa shape index (κ3) is 3.52. The molecule has 3 aromatic rings. The molecule has 1 heterocycles. The van der Waals surface area contributed by atoms with E-state index in [4.69, 9.17) is 14.2 Å². The molecule has 0 spiro atoms. The molecule has 26 heavy (non-hydrogen) atoms. The number of ether oxygens (including phenoxy) is 3. The second-order valence-corrected chi connectivity index (χ2v) is 7.35. The molecule has 2 N–H and O–H groups in total. The molecule has 0 fully saturated rings. The number of sulfonamides is 1. The van der Waals surface area contributed by atoms with E-state index in [1.54, 1.807) is 44.6 Å². The molecule has 0 aliphatic carbocycles. The molecule has 0 radical (unpaired) electrons. The van der Waals surface area contributed by atoms with E-state index < -0.39 is 10.0 Å². The van der Waals surface area contributed by atoms with Crippen LogP contribution in [-0.2, 0) is 10.0 Å². The van der Waals surface area contributed by atoms with Gasteiger partial charge in [-0.2, -0.15) is 0 Å². The predicted octanol–water partition coefficient (Wildman–Crippen LogP) is 2.63. The van der Waals surface area contributed by atoms with E-state index in [2.05, 4.69) is 14.7 Å². The Morgan fingerprint density at radius 1 is 0.962 bits per heavy atom. The van der Waals surface area contributed by atoms with Crippen molar-refractivity contribution in [2.75, 3.05) is 32.3 Å². The van der Waals surface area contributed by atoms with Crippen molar-refractivity contribution in [3.63, 3.8) is 0 Å². The zero-order valence-corrected chi connectivity index (χ0v) is 15.6. The number of nitrogens with zero attached hydrogens (tertiary/aromatic N) is 1. The minimum Gasteiger partial charge on any atom is -0.496 e. The third-order valence-corrected chi connectivity index (χ3v) is 4.35. The highest BCUT2D eigenvalue weighted by atomic mass is 32.2. The maximum absolute atomic E-state index is 11.4. The predicted molar refractivity (Wildman–Crippen MR) is 99.7 cm³/mol. The van der Waals surface area contributed by atoms with Gasteiger partial charge in [0.05, 0.1) is 49.9 Å². The lowest BCUT2D eigenvalue weighted by Gasteiger charge is -2.09. The fraction of sp³-hybridized carbons (Fsp3) is 0.235. The van der Waals surface area contributed by atoms with Crippen LogP contribution in [-0.4, -0.2) is 46.0 Å². The Morgan fingerprint density at radius 2 is 1.62 bits per heavy atom. The van der Waals surface area contributed by atoms with Gasteiger partial charge in [0.2, 0.25) is 10.0 Å². The number of methoxy groups -OCH3 is 3. The van der Waals surface area contributed by atoms with E-state index in [1.807, 2.05) is 0 Å². The van der Waals surface area contributed by atoms with Gasteiger partial charge in [0, 0.05) is 18.2 Å². The van der Waals surface area contributed by atoms with Gasteiger partial charge in [-0.1, -0.05) is 0 Å². The number of benzene rings is 2. The van der Waals surface area contributed by atoms with Crippen LogP contribution < -0.4 is 18.9 Å². The Morgan fingerprint density at radius 3 is 2.23 bits per heavy atom. The van der Waals surface area contributed by atoms with Gasteiger partial charge in [0.15, 0.2) is 11.5 Å². The van der Waals surface area contributed by atoms with Crippen LogP contribution in [0.25, 0.3) is 22.4 Å². The Kier molecular flexibility index (Phi) is 4.64. The molecular formula is C17H19N3O5S. The summed E-state index contributed by atoms with van der Waals surface area (Å²) in [7, 11) is 1.27. The number of nitrogens with one attached hydrogen (secondary N) is 2. The average molecular weight is 377 g/mol. The SMILES string of the molecule is COc1cc2nc(-c3ccc(NS(C)(=O)=O)cc3OC)[nH]c2cc1OC. The highest BCUT2D eigenvalue weighted by molar-refractivity contribution is 7.92. The van der Waals surface area contributed by atoms with E-state index in [0.29, 0.717) is 39.8 Å². The largest absolute Gasteiger partial charge is 0.496 e. The molecule has 1 aromatic heterocycles. The molecule has 0 aliphatic heterocycles. The number of hydrogen-bond acceptors (Lipinski definition) is 6. The van der Waals surface area contributed by atoms with Crippen LogP contribution in [0.2, 0.25) is 0 Å². The summed E-state index contributed by atoms with van der Waals surface area (Å²) in [5.41, 5.74) is 2.59. The molecule has 0 bridgehead atoms. The molecule has 138 valence electrons. The maximum Gasteiger partial charge on any atom is 0.229 e. The smallest absolute Gasteiger partial charge is 0.229 e. The van der Waals surface area contributed by atoms with Crippen LogP contribution in [0.15, 0.2) is 30.3 Å². The van der Waals surface area contributed by atoms with Crippen molar-refractivity contribution in [1.29, 1.82) is 0 Å². The topological polar surface area (TPSA) is 103 Å². The number of H-pyrrole nitrogens is 1. The fourth-order valence-corrected chi connectivity index (χ4v) is 3.18. The molecule has 0 atom stereocenters. The molecule has 9 heteroatoms. The number of aromatic amines is 1. The Labute approximate surface area is 151 Å². The normalized spacial score (nSPS) is 11.4. The van der Waals surface area contributed by atoms with Gasteiger partial charge in [0.25, 0.3) is 0 Å². The molecule has 0 amide bonds. The van der Waals surface area contributed by atoms with Crippen LogP contribution >= 0.6 is 0 Å². The van der Waals surface area contributed by atoms with E-state index in [0.717, 1.165) is 11.8 Å². The highest BCUT2D eigenvalue weighted by Gasteiger charge is 2.15. The zero-order valence-electron chi connectivity index (χ0n) is 14.8. The van der Waals surface area contributed by atoms with Crippen molar-refractivity contribution >= 4 is 26.7 Å². The lowest BCUT2D eigenvalue weighted by atomic mass is 10.1. The molecule has 0 unspecified atom stereocenters. The zero-order chi connectivity index (χ0) is 18.9. The van der Waals surface area contributed by atoms with E-state index in [-0.39, 0.29) is 0 Å². The Balaban J connectivity index is 2.08. The van der Waals surface area contributed by atoms with Gasteiger partial charge >= 0.3 is 0 Å². The maximum atomic E-state index is 11.4. The van der Waals surface area contributed by atoms with Crippen molar-refractivity contribution in [2.24, 2.45) is 0 Å². The quantitative estimate of drug-likeness (QED) is 0.685. The summed E-state index contributed by atoms with van der Waals surface area (Å²) in [5, 5.41) is 0. The molecule has 0 saturated carbocycles. The summed E-state index contributed by atoms with van der Waals surface area (Å²) >= 11 is 0. The van der Waals surface area contributed by atoms with Crippen LogP contribution in [0, 0.1) is 0 Å². The molecular weight excluding hydrogens is 358 g/mol. The summed E-state index contributed by atoms with van der Waals surface area (Å²) in [5.74, 6) is 2.24. The number of rotatable bonds is 6. The van der Waals surface area contributed by atoms with Gasteiger partial charge in [0.1, 0.15) is 11.6 Å². The minimum atomic E-state index is -3.37. The van der Waals surface area contributed by atoms with E-state index >= 15 is 0 Å².